The monoisotopic (exact) mass is 253 g/mol. The molecule has 5 heteroatoms. The van der Waals surface area contributed by atoms with Crippen LogP contribution in [0.4, 0.5) is 4.39 Å². The van der Waals surface area contributed by atoms with E-state index in [0.29, 0.717) is 17.1 Å². The van der Waals surface area contributed by atoms with Crippen LogP contribution in [0.2, 0.25) is 5.02 Å². The maximum Gasteiger partial charge on any atom is 0.127 e. The SMILES string of the molecule is Fc1ccc(Cl)cc1CNCCc1ncc[nH]1. The van der Waals surface area contributed by atoms with Gasteiger partial charge in [0.2, 0.25) is 0 Å². The number of benzene rings is 1. The molecule has 0 fully saturated rings. The third-order valence-corrected chi connectivity index (χ3v) is 2.65. The van der Waals surface area contributed by atoms with Crippen LogP contribution in [0, 0.1) is 5.82 Å². The molecule has 2 rings (SSSR count). The molecule has 0 unspecified atom stereocenters. The summed E-state index contributed by atoms with van der Waals surface area (Å²) in [6, 6.07) is 4.56. The number of nitrogens with zero attached hydrogens (tertiary/aromatic N) is 1. The predicted molar refractivity (Wildman–Crippen MR) is 65.4 cm³/mol. The van der Waals surface area contributed by atoms with Crippen LogP contribution in [-0.2, 0) is 13.0 Å². The Balaban J connectivity index is 1.80. The molecule has 0 amide bonds. The summed E-state index contributed by atoms with van der Waals surface area (Å²) in [6.45, 7) is 1.20. The number of halogens is 2. The molecule has 0 aliphatic rings. The van der Waals surface area contributed by atoms with Crippen molar-refractivity contribution in [3.8, 4) is 0 Å². The summed E-state index contributed by atoms with van der Waals surface area (Å²) in [4.78, 5) is 7.11. The molecule has 17 heavy (non-hydrogen) atoms. The lowest BCUT2D eigenvalue weighted by Crippen LogP contribution is -2.17. The van der Waals surface area contributed by atoms with Gasteiger partial charge in [0, 0.05) is 42.5 Å². The Hall–Kier alpha value is -1.39. The van der Waals surface area contributed by atoms with Crippen molar-refractivity contribution in [1.82, 2.24) is 15.3 Å². The van der Waals surface area contributed by atoms with Crippen molar-refractivity contribution in [3.63, 3.8) is 0 Å². The van der Waals surface area contributed by atoms with E-state index in [1.165, 1.54) is 6.07 Å². The summed E-state index contributed by atoms with van der Waals surface area (Å²) in [5.41, 5.74) is 0.581. The lowest BCUT2D eigenvalue weighted by molar-refractivity contribution is 0.587. The highest BCUT2D eigenvalue weighted by atomic mass is 35.5. The largest absolute Gasteiger partial charge is 0.349 e. The van der Waals surface area contributed by atoms with Gasteiger partial charge in [-0.1, -0.05) is 11.6 Å². The summed E-state index contributed by atoms with van der Waals surface area (Å²) in [7, 11) is 0. The first kappa shape index (κ1) is 12.1. The number of rotatable bonds is 5. The Morgan fingerprint density at radius 1 is 1.41 bits per heavy atom. The first-order valence-corrected chi connectivity index (χ1v) is 5.76. The fourth-order valence-electron chi connectivity index (χ4n) is 1.54. The average Bonchev–Trinajstić information content (AvgIpc) is 2.82. The molecule has 1 heterocycles. The molecule has 2 N–H and O–H groups in total. The van der Waals surface area contributed by atoms with Crippen LogP contribution in [0.3, 0.4) is 0 Å². The van der Waals surface area contributed by atoms with Gasteiger partial charge in [0.25, 0.3) is 0 Å². The Morgan fingerprint density at radius 2 is 2.29 bits per heavy atom. The van der Waals surface area contributed by atoms with Crippen LogP contribution >= 0.6 is 11.6 Å². The highest BCUT2D eigenvalue weighted by Crippen LogP contribution is 2.14. The van der Waals surface area contributed by atoms with Gasteiger partial charge >= 0.3 is 0 Å². The minimum atomic E-state index is -0.236. The fraction of sp³-hybridized carbons (Fsp3) is 0.250. The van der Waals surface area contributed by atoms with Gasteiger partial charge in [0.05, 0.1) is 0 Å². The third kappa shape index (κ3) is 3.54. The minimum Gasteiger partial charge on any atom is -0.349 e. The third-order valence-electron chi connectivity index (χ3n) is 2.42. The molecule has 1 aromatic heterocycles. The van der Waals surface area contributed by atoms with Crippen LogP contribution in [0.5, 0.6) is 0 Å². The summed E-state index contributed by atoms with van der Waals surface area (Å²) in [5, 5.41) is 3.70. The molecule has 0 atom stereocenters. The zero-order chi connectivity index (χ0) is 12.1. The van der Waals surface area contributed by atoms with Crippen molar-refractivity contribution in [2.75, 3.05) is 6.54 Å². The molecule has 0 aliphatic carbocycles. The molecule has 3 nitrogen and oxygen atoms in total. The van der Waals surface area contributed by atoms with E-state index in [2.05, 4.69) is 15.3 Å². The van der Waals surface area contributed by atoms with Gasteiger partial charge in [-0.2, -0.15) is 0 Å². The van der Waals surface area contributed by atoms with Crippen LogP contribution in [-0.4, -0.2) is 16.5 Å². The number of hydrogen-bond acceptors (Lipinski definition) is 2. The van der Waals surface area contributed by atoms with Crippen LogP contribution in [0.25, 0.3) is 0 Å². The number of nitrogens with one attached hydrogen (secondary N) is 2. The van der Waals surface area contributed by atoms with E-state index in [-0.39, 0.29) is 5.82 Å². The van der Waals surface area contributed by atoms with E-state index in [0.717, 1.165) is 18.8 Å². The van der Waals surface area contributed by atoms with Crippen molar-refractivity contribution in [3.05, 3.63) is 52.8 Å². The Morgan fingerprint density at radius 3 is 3.06 bits per heavy atom. The summed E-state index contributed by atoms with van der Waals surface area (Å²) in [6.07, 6.45) is 4.28. The molecule has 90 valence electrons. The van der Waals surface area contributed by atoms with E-state index >= 15 is 0 Å². The second-order valence-corrected chi connectivity index (χ2v) is 4.13. The molecule has 0 aliphatic heterocycles. The zero-order valence-corrected chi connectivity index (χ0v) is 9.97. The molecule has 2 aromatic rings. The molecule has 1 aromatic carbocycles. The topological polar surface area (TPSA) is 40.7 Å². The van der Waals surface area contributed by atoms with E-state index in [1.807, 2.05) is 0 Å². The summed E-state index contributed by atoms with van der Waals surface area (Å²) < 4.78 is 13.4. The van der Waals surface area contributed by atoms with Gasteiger partial charge < -0.3 is 10.3 Å². The first-order valence-electron chi connectivity index (χ1n) is 5.38. The Labute approximate surface area is 104 Å². The lowest BCUT2D eigenvalue weighted by Gasteiger charge is -2.05. The van der Waals surface area contributed by atoms with Crippen LogP contribution in [0.15, 0.2) is 30.6 Å². The molecular formula is C12H13ClFN3. The molecule has 0 spiro atoms. The van der Waals surface area contributed by atoms with Gasteiger partial charge in [-0.25, -0.2) is 9.37 Å². The van der Waals surface area contributed by atoms with Crippen molar-refractivity contribution >= 4 is 11.6 Å². The summed E-state index contributed by atoms with van der Waals surface area (Å²) >= 11 is 5.80. The second kappa shape index (κ2) is 5.80. The fourth-order valence-corrected chi connectivity index (χ4v) is 1.74. The smallest absolute Gasteiger partial charge is 0.127 e. The van der Waals surface area contributed by atoms with Gasteiger partial charge in [-0.05, 0) is 18.2 Å². The van der Waals surface area contributed by atoms with E-state index in [4.69, 9.17) is 11.6 Å². The van der Waals surface area contributed by atoms with Crippen LogP contribution in [0.1, 0.15) is 11.4 Å². The Bertz CT molecular complexity index is 471. The standard InChI is InChI=1S/C12H13ClFN3/c13-10-1-2-11(14)9(7-10)8-15-4-3-12-16-5-6-17-12/h1-2,5-7,15H,3-4,8H2,(H,16,17). The lowest BCUT2D eigenvalue weighted by atomic mass is 10.2. The zero-order valence-electron chi connectivity index (χ0n) is 9.21. The molecule has 0 saturated carbocycles. The van der Waals surface area contributed by atoms with Gasteiger partial charge in [0.15, 0.2) is 0 Å². The van der Waals surface area contributed by atoms with Crippen molar-refractivity contribution in [2.24, 2.45) is 0 Å². The minimum absolute atomic E-state index is 0.236. The van der Waals surface area contributed by atoms with Gasteiger partial charge in [-0.3, -0.25) is 0 Å². The van der Waals surface area contributed by atoms with E-state index < -0.39 is 0 Å². The summed E-state index contributed by atoms with van der Waals surface area (Å²) in [5.74, 6) is 0.684. The maximum atomic E-state index is 13.4. The number of aromatic nitrogens is 2. The number of imidazole rings is 1. The van der Waals surface area contributed by atoms with Gasteiger partial charge in [0.1, 0.15) is 11.6 Å². The molecular weight excluding hydrogens is 241 g/mol. The number of aromatic amines is 1. The van der Waals surface area contributed by atoms with Gasteiger partial charge in [-0.15, -0.1) is 0 Å². The molecule has 0 radical (unpaired) electrons. The van der Waals surface area contributed by atoms with E-state index in [1.54, 1.807) is 24.5 Å². The van der Waals surface area contributed by atoms with E-state index in [9.17, 15) is 4.39 Å². The Kier molecular flexibility index (Phi) is 4.12. The van der Waals surface area contributed by atoms with Crippen molar-refractivity contribution < 1.29 is 4.39 Å². The predicted octanol–water partition coefficient (Wildman–Crippen LogP) is 2.53. The van der Waals surface area contributed by atoms with Crippen LogP contribution < -0.4 is 5.32 Å². The number of H-pyrrole nitrogens is 1. The second-order valence-electron chi connectivity index (χ2n) is 3.70. The highest BCUT2D eigenvalue weighted by molar-refractivity contribution is 6.30. The quantitative estimate of drug-likeness (QED) is 0.804. The molecule has 0 saturated heterocycles. The highest BCUT2D eigenvalue weighted by Gasteiger charge is 2.02. The van der Waals surface area contributed by atoms with Crippen molar-refractivity contribution in [1.29, 1.82) is 0 Å². The normalized spacial score (nSPS) is 10.7. The van der Waals surface area contributed by atoms with Crippen molar-refractivity contribution in [2.45, 2.75) is 13.0 Å². The maximum absolute atomic E-state index is 13.4. The number of hydrogen-bond donors (Lipinski definition) is 2. The average molecular weight is 254 g/mol. The molecule has 0 bridgehead atoms. The first-order chi connectivity index (χ1) is 8.25.